The van der Waals surface area contributed by atoms with Crippen LogP contribution in [0.3, 0.4) is 0 Å². The number of carbonyl (C=O) groups is 1. The quantitative estimate of drug-likeness (QED) is 0.391. The monoisotopic (exact) mass is 365 g/mol. The molecule has 0 aliphatic rings. The molecule has 0 saturated heterocycles. The van der Waals surface area contributed by atoms with Crippen molar-refractivity contribution in [2.24, 2.45) is 10.9 Å². The van der Waals surface area contributed by atoms with Gasteiger partial charge >= 0.3 is 5.97 Å². The van der Waals surface area contributed by atoms with Gasteiger partial charge in [0.25, 0.3) is 10.2 Å². The number of benzene rings is 1. The maximum atomic E-state index is 11.6. The zero-order valence-corrected chi connectivity index (χ0v) is 13.9. The van der Waals surface area contributed by atoms with Crippen LogP contribution in [-0.2, 0) is 38.0 Å². The molecular weight excluding hydrogens is 346 g/mol. The third kappa shape index (κ3) is 7.05. The van der Waals surface area contributed by atoms with Gasteiger partial charge in [0.1, 0.15) is 16.7 Å². The first-order chi connectivity index (χ1) is 10.6. The molecule has 130 valence electrons. The molecule has 0 radical (unpaired) electrons. The second-order valence-corrected chi connectivity index (χ2v) is 7.45. The lowest BCUT2D eigenvalue weighted by molar-refractivity contribution is -0.138. The average molecular weight is 365 g/mol. The van der Waals surface area contributed by atoms with Gasteiger partial charge in [-0.2, -0.15) is 12.7 Å². The lowest BCUT2D eigenvalue weighted by atomic mass is 10.1. The van der Waals surface area contributed by atoms with E-state index in [0.29, 0.717) is 11.1 Å². The van der Waals surface area contributed by atoms with E-state index in [9.17, 15) is 21.6 Å². The molecule has 0 aliphatic heterocycles. The minimum Gasteiger partial charge on any atom is -0.480 e. The summed E-state index contributed by atoms with van der Waals surface area (Å²) in [5, 5.41) is 13.8. The molecule has 1 aromatic rings. The summed E-state index contributed by atoms with van der Waals surface area (Å²) in [5.74, 6) is -1.32. The van der Waals surface area contributed by atoms with E-state index in [0.717, 1.165) is 4.31 Å². The lowest BCUT2D eigenvalue weighted by Gasteiger charge is -2.20. The average Bonchev–Trinajstić information content (AvgIpc) is 2.42. The molecule has 11 heteroatoms. The molecule has 5 N–H and O–H groups in total. The van der Waals surface area contributed by atoms with Crippen LogP contribution in [0.4, 0.5) is 0 Å². The third-order valence-corrected chi connectivity index (χ3v) is 4.71. The van der Waals surface area contributed by atoms with Crippen molar-refractivity contribution in [1.82, 2.24) is 4.31 Å². The van der Waals surface area contributed by atoms with Gasteiger partial charge in [-0.25, -0.2) is 13.6 Å². The maximum Gasteiger partial charge on any atom is 0.320 e. The van der Waals surface area contributed by atoms with E-state index in [1.54, 1.807) is 24.3 Å². The van der Waals surface area contributed by atoms with Crippen LogP contribution in [0.1, 0.15) is 17.5 Å². The fraction of sp³-hybridized carbons (Fsp3) is 0.417. The normalized spacial score (nSPS) is 13.4. The van der Waals surface area contributed by atoms with Crippen molar-refractivity contribution in [2.75, 3.05) is 6.54 Å². The largest absolute Gasteiger partial charge is 0.480 e. The number of nitrogens with two attached hydrogens (primary N) is 2. The van der Waals surface area contributed by atoms with Crippen molar-refractivity contribution >= 4 is 26.9 Å². The van der Waals surface area contributed by atoms with E-state index in [-0.39, 0.29) is 25.3 Å². The minimum atomic E-state index is -4.03. The van der Waals surface area contributed by atoms with Gasteiger partial charge in [0, 0.05) is 13.1 Å². The van der Waals surface area contributed by atoms with Crippen LogP contribution in [0.5, 0.6) is 0 Å². The Morgan fingerprint density at radius 3 is 2.17 bits per heavy atom. The Labute approximate surface area is 136 Å². The predicted molar refractivity (Wildman–Crippen MR) is 84.2 cm³/mol. The standard InChI is InChI=1S/C12H19N3O6S2/c13-11(12(16)17)5-6-15(23(14,20)21)7-9-1-3-10(4-2-9)8-22(18)19/h1-4,11,22H,5-8,13H2,(H,16,17)(H2,14,20,21)/t11-/m0/s1. The highest BCUT2D eigenvalue weighted by atomic mass is 32.2. The highest BCUT2D eigenvalue weighted by Crippen LogP contribution is 2.11. The van der Waals surface area contributed by atoms with Gasteiger partial charge in [-0.05, 0) is 17.5 Å². The van der Waals surface area contributed by atoms with E-state index in [2.05, 4.69) is 0 Å². The van der Waals surface area contributed by atoms with E-state index in [4.69, 9.17) is 16.0 Å². The molecule has 1 atom stereocenters. The van der Waals surface area contributed by atoms with Crippen LogP contribution in [0.2, 0.25) is 0 Å². The number of nitrogens with zero attached hydrogens (tertiary/aromatic N) is 1. The van der Waals surface area contributed by atoms with Gasteiger partial charge in [0.15, 0.2) is 0 Å². The fourth-order valence-corrected chi connectivity index (χ4v) is 3.00. The van der Waals surface area contributed by atoms with Gasteiger partial charge in [-0.15, -0.1) is 0 Å². The fourth-order valence-electron chi connectivity index (χ4n) is 1.81. The Bertz CT molecular complexity index is 707. The third-order valence-electron chi connectivity index (χ3n) is 3.06. The number of carboxylic acid groups (broad SMARTS) is 1. The van der Waals surface area contributed by atoms with Crippen LogP contribution in [0, 0.1) is 0 Å². The summed E-state index contributed by atoms with van der Waals surface area (Å²) in [6.07, 6.45) is -0.0828. The summed E-state index contributed by atoms with van der Waals surface area (Å²) >= 11 is 0. The van der Waals surface area contributed by atoms with Gasteiger partial charge in [0.05, 0.1) is 5.75 Å². The summed E-state index contributed by atoms with van der Waals surface area (Å²) in [4.78, 5) is 10.7. The van der Waals surface area contributed by atoms with E-state index < -0.39 is 32.9 Å². The molecule has 23 heavy (non-hydrogen) atoms. The minimum absolute atomic E-state index is 0.0606. The lowest BCUT2D eigenvalue weighted by Crippen LogP contribution is -2.40. The Morgan fingerprint density at radius 2 is 1.74 bits per heavy atom. The number of carboxylic acids is 1. The molecule has 9 nitrogen and oxygen atoms in total. The molecule has 0 aliphatic carbocycles. The number of aliphatic carboxylic acids is 1. The number of hydrogen-bond donors (Lipinski definition) is 4. The van der Waals surface area contributed by atoms with Crippen molar-refractivity contribution in [1.29, 1.82) is 0 Å². The first-order valence-corrected chi connectivity index (χ1v) is 9.42. The topological polar surface area (TPSA) is 161 Å². The molecule has 1 rings (SSSR count). The highest BCUT2D eigenvalue weighted by Gasteiger charge is 2.20. The maximum absolute atomic E-state index is 11.6. The second kappa shape index (κ2) is 8.36. The summed E-state index contributed by atoms with van der Waals surface area (Å²) < 4.78 is 45.3. The van der Waals surface area contributed by atoms with Crippen LogP contribution in [-0.4, -0.2) is 44.8 Å². The molecule has 0 heterocycles. The Balaban J connectivity index is 2.79. The first-order valence-electron chi connectivity index (χ1n) is 6.55. The molecule has 0 saturated carbocycles. The number of thiol groups is 1. The van der Waals surface area contributed by atoms with Gasteiger partial charge < -0.3 is 10.8 Å². The summed E-state index contributed by atoms with van der Waals surface area (Å²) in [6.45, 7) is -0.199. The Kier molecular flexibility index (Phi) is 7.09. The van der Waals surface area contributed by atoms with Crippen molar-refractivity contribution in [2.45, 2.75) is 24.8 Å². The SMILES string of the molecule is N[C@@H](CCN(Cc1ccc(C[SH](=O)=O)cc1)S(N)(=O)=O)C(=O)O. The van der Waals surface area contributed by atoms with Crippen LogP contribution in [0.25, 0.3) is 0 Å². The molecular formula is C12H19N3O6S2. The molecule has 0 bridgehead atoms. The summed E-state index contributed by atoms with van der Waals surface area (Å²) in [6, 6.07) is 5.14. The summed E-state index contributed by atoms with van der Waals surface area (Å²) in [5.41, 5.74) is 6.52. The first kappa shape index (κ1) is 19.5. The zero-order valence-electron chi connectivity index (χ0n) is 12.2. The number of rotatable bonds is 9. The van der Waals surface area contributed by atoms with Gasteiger partial charge in [-0.1, -0.05) is 24.3 Å². The molecule has 0 unspecified atom stereocenters. The van der Waals surface area contributed by atoms with Crippen molar-refractivity contribution in [3.8, 4) is 0 Å². The van der Waals surface area contributed by atoms with Gasteiger partial charge in [-0.3, -0.25) is 4.79 Å². The van der Waals surface area contributed by atoms with Gasteiger partial charge in [0.2, 0.25) is 0 Å². The smallest absolute Gasteiger partial charge is 0.320 e. The van der Waals surface area contributed by atoms with Crippen molar-refractivity contribution in [3.63, 3.8) is 0 Å². The van der Waals surface area contributed by atoms with Crippen LogP contribution >= 0.6 is 0 Å². The van der Waals surface area contributed by atoms with Crippen molar-refractivity contribution < 1.29 is 26.7 Å². The number of hydrogen-bond acceptors (Lipinski definition) is 6. The summed E-state index contributed by atoms with van der Waals surface area (Å²) in [7, 11) is -6.56. The van der Waals surface area contributed by atoms with E-state index >= 15 is 0 Å². The molecule has 0 amide bonds. The second-order valence-electron chi connectivity index (χ2n) is 4.92. The Hall–Kier alpha value is -1.53. The molecule has 0 aromatic heterocycles. The molecule has 0 fully saturated rings. The molecule has 0 spiro atoms. The molecule has 1 aromatic carbocycles. The van der Waals surface area contributed by atoms with E-state index in [1.165, 1.54) is 0 Å². The Morgan fingerprint density at radius 1 is 1.22 bits per heavy atom. The van der Waals surface area contributed by atoms with Crippen LogP contribution < -0.4 is 10.9 Å². The van der Waals surface area contributed by atoms with Crippen LogP contribution in [0.15, 0.2) is 24.3 Å². The predicted octanol–water partition coefficient (Wildman–Crippen LogP) is -1.39. The highest BCUT2D eigenvalue weighted by molar-refractivity contribution is 7.86. The van der Waals surface area contributed by atoms with E-state index in [1.807, 2.05) is 0 Å². The zero-order chi connectivity index (χ0) is 17.6. The van der Waals surface area contributed by atoms with Crippen molar-refractivity contribution in [3.05, 3.63) is 35.4 Å².